The fourth-order valence-corrected chi connectivity index (χ4v) is 1.95. The largest absolute Gasteiger partial charge is 0.416 e. The Morgan fingerprint density at radius 2 is 1.69 bits per heavy atom. The molecule has 1 aromatic rings. The van der Waals surface area contributed by atoms with Crippen molar-refractivity contribution in [3.05, 3.63) is 35.4 Å². The Bertz CT molecular complexity index is 413. The van der Waals surface area contributed by atoms with E-state index in [2.05, 4.69) is 0 Å². The Morgan fingerprint density at radius 1 is 1.19 bits per heavy atom. The van der Waals surface area contributed by atoms with Crippen molar-refractivity contribution in [1.29, 1.82) is 0 Å². The van der Waals surface area contributed by atoms with E-state index in [9.17, 15) is 18.0 Å². The molecule has 1 nitrogen and oxygen atoms in total. The Labute approximate surface area is 91.3 Å². The lowest BCUT2D eigenvalue weighted by molar-refractivity contribution is -0.137. The summed E-state index contributed by atoms with van der Waals surface area (Å²) in [5.41, 5.74) is -0.465. The molecule has 0 spiro atoms. The topological polar surface area (TPSA) is 17.1 Å². The van der Waals surface area contributed by atoms with Gasteiger partial charge in [-0.05, 0) is 37.5 Å². The summed E-state index contributed by atoms with van der Waals surface area (Å²) in [5.74, 6) is 0.0345. The first-order valence-electron chi connectivity index (χ1n) is 5.05. The van der Waals surface area contributed by atoms with Gasteiger partial charge in [-0.15, -0.1) is 0 Å². The Balaban J connectivity index is 2.31. The lowest BCUT2D eigenvalue weighted by Crippen LogP contribution is -2.17. The highest BCUT2D eigenvalue weighted by Crippen LogP contribution is 2.49. The number of hydrogen-bond acceptors (Lipinski definition) is 1. The van der Waals surface area contributed by atoms with Crippen molar-refractivity contribution in [3.63, 3.8) is 0 Å². The van der Waals surface area contributed by atoms with Crippen LogP contribution in [0.4, 0.5) is 13.2 Å². The van der Waals surface area contributed by atoms with Crippen molar-refractivity contribution in [2.75, 3.05) is 0 Å². The minimum Gasteiger partial charge on any atom is -0.299 e. The first-order chi connectivity index (χ1) is 7.36. The molecule has 0 aromatic heterocycles. The van der Waals surface area contributed by atoms with Crippen LogP contribution in [0.3, 0.4) is 0 Å². The van der Waals surface area contributed by atoms with E-state index in [-0.39, 0.29) is 5.78 Å². The van der Waals surface area contributed by atoms with Gasteiger partial charge in [-0.2, -0.15) is 13.2 Å². The average molecular weight is 228 g/mol. The molecule has 16 heavy (non-hydrogen) atoms. The first-order valence-corrected chi connectivity index (χ1v) is 5.05. The number of carbonyl (C=O) groups excluding carboxylic acids is 1. The van der Waals surface area contributed by atoms with Crippen LogP contribution in [0.1, 0.15) is 30.9 Å². The quantitative estimate of drug-likeness (QED) is 0.758. The lowest BCUT2D eigenvalue weighted by atomic mass is 9.91. The zero-order chi connectivity index (χ0) is 12.0. The van der Waals surface area contributed by atoms with Crippen LogP contribution in [-0.2, 0) is 16.4 Å². The summed E-state index contributed by atoms with van der Waals surface area (Å²) < 4.78 is 37.0. The summed E-state index contributed by atoms with van der Waals surface area (Å²) >= 11 is 0. The molecule has 1 aromatic carbocycles. The van der Waals surface area contributed by atoms with Gasteiger partial charge in [0, 0.05) is 0 Å². The third-order valence-corrected chi connectivity index (χ3v) is 3.19. The van der Waals surface area contributed by atoms with E-state index < -0.39 is 17.2 Å². The number of Topliss-reactive ketones (excluding diaryl/α,β-unsaturated/α-hetero) is 1. The van der Waals surface area contributed by atoms with Gasteiger partial charge in [0.1, 0.15) is 5.78 Å². The number of benzene rings is 1. The Hall–Kier alpha value is -1.32. The fourth-order valence-electron chi connectivity index (χ4n) is 1.95. The van der Waals surface area contributed by atoms with Gasteiger partial charge in [-0.3, -0.25) is 4.79 Å². The van der Waals surface area contributed by atoms with Crippen LogP contribution in [0.25, 0.3) is 0 Å². The molecule has 0 heterocycles. The predicted molar refractivity (Wildman–Crippen MR) is 53.0 cm³/mol. The molecular formula is C12H11F3O. The average Bonchev–Trinajstić information content (AvgIpc) is 2.97. The zero-order valence-electron chi connectivity index (χ0n) is 8.77. The second-order valence-corrected chi connectivity index (χ2v) is 4.21. The van der Waals surface area contributed by atoms with Crippen LogP contribution in [-0.4, -0.2) is 5.78 Å². The van der Waals surface area contributed by atoms with Gasteiger partial charge in [-0.1, -0.05) is 12.1 Å². The Morgan fingerprint density at radius 3 is 2.00 bits per heavy atom. The van der Waals surface area contributed by atoms with Crippen molar-refractivity contribution < 1.29 is 18.0 Å². The standard InChI is InChI=1S/C12H11F3O/c1-8(16)11(6-7-11)9-2-4-10(5-3-9)12(13,14)15/h2-5H,6-7H2,1H3. The maximum absolute atomic E-state index is 12.3. The molecule has 2 rings (SSSR count). The molecule has 0 unspecified atom stereocenters. The summed E-state index contributed by atoms with van der Waals surface area (Å²) in [4.78, 5) is 11.4. The second-order valence-electron chi connectivity index (χ2n) is 4.21. The highest BCUT2D eigenvalue weighted by Gasteiger charge is 2.48. The summed E-state index contributed by atoms with van der Waals surface area (Å²) in [6, 6.07) is 4.91. The monoisotopic (exact) mass is 228 g/mol. The van der Waals surface area contributed by atoms with Gasteiger partial charge in [0.15, 0.2) is 0 Å². The van der Waals surface area contributed by atoms with Crippen LogP contribution in [0.2, 0.25) is 0 Å². The summed E-state index contributed by atoms with van der Waals surface area (Å²) in [6.07, 6.45) is -2.83. The third kappa shape index (κ3) is 1.72. The van der Waals surface area contributed by atoms with Crippen LogP contribution < -0.4 is 0 Å². The molecule has 1 fully saturated rings. The van der Waals surface area contributed by atoms with E-state index in [1.807, 2.05) is 0 Å². The SMILES string of the molecule is CC(=O)C1(c2ccc(C(F)(F)F)cc2)CC1. The van der Waals surface area contributed by atoms with Crippen LogP contribution >= 0.6 is 0 Å². The molecule has 0 aliphatic heterocycles. The molecule has 86 valence electrons. The van der Waals surface area contributed by atoms with E-state index in [0.717, 1.165) is 25.0 Å². The fraction of sp³-hybridized carbons (Fsp3) is 0.417. The van der Waals surface area contributed by atoms with Gasteiger partial charge >= 0.3 is 6.18 Å². The normalized spacial score (nSPS) is 18.2. The van der Waals surface area contributed by atoms with Crippen LogP contribution in [0, 0.1) is 0 Å². The van der Waals surface area contributed by atoms with Crippen molar-refractivity contribution in [1.82, 2.24) is 0 Å². The number of hydrogen-bond donors (Lipinski definition) is 0. The van der Waals surface area contributed by atoms with E-state index in [1.165, 1.54) is 19.1 Å². The number of halogens is 3. The van der Waals surface area contributed by atoms with E-state index in [1.54, 1.807) is 0 Å². The molecule has 1 aliphatic carbocycles. The summed E-state index contributed by atoms with van der Waals surface area (Å²) in [7, 11) is 0. The number of rotatable bonds is 2. The van der Waals surface area contributed by atoms with Gasteiger partial charge in [-0.25, -0.2) is 0 Å². The van der Waals surface area contributed by atoms with Gasteiger partial charge in [0.2, 0.25) is 0 Å². The number of ketones is 1. The van der Waals surface area contributed by atoms with Crippen molar-refractivity contribution in [2.24, 2.45) is 0 Å². The minimum absolute atomic E-state index is 0.0345. The zero-order valence-corrected chi connectivity index (χ0v) is 8.77. The van der Waals surface area contributed by atoms with Crippen LogP contribution in [0.15, 0.2) is 24.3 Å². The van der Waals surface area contributed by atoms with Gasteiger partial charge in [0.25, 0.3) is 0 Å². The number of alkyl halides is 3. The van der Waals surface area contributed by atoms with Crippen molar-refractivity contribution in [3.8, 4) is 0 Å². The van der Waals surface area contributed by atoms with E-state index in [4.69, 9.17) is 0 Å². The predicted octanol–water partition coefficient (Wildman–Crippen LogP) is 3.33. The lowest BCUT2D eigenvalue weighted by Gasteiger charge is -2.13. The summed E-state index contributed by atoms with van der Waals surface area (Å²) in [5, 5.41) is 0. The number of carbonyl (C=O) groups is 1. The van der Waals surface area contributed by atoms with Gasteiger partial charge in [0.05, 0.1) is 11.0 Å². The smallest absolute Gasteiger partial charge is 0.299 e. The highest BCUT2D eigenvalue weighted by molar-refractivity contribution is 5.91. The van der Waals surface area contributed by atoms with Crippen molar-refractivity contribution in [2.45, 2.75) is 31.4 Å². The first kappa shape index (κ1) is 11.2. The molecule has 4 heteroatoms. The van der Waals surface area contributed by atoms with Gasteiger partial charge < -0.3 is 0 Å². The molecule has 0 bridgehead atoms. The molecule has 0 saturated heterocycles. The molecular weight excluding hydrogens is 217 g/mol. The molecule has 0 amide bonds. The molecule has 1 saturated carbocycles. The molecule has 1 aliphatic rings. The van der Waals surface area contributed by atoms with E-state index in [0.29, 0.717) is 5.56 Å². The minimum atomic E-state index is -4.31. The molecule has 0 N–H and O–H groups in total. The van der Waals surface area contributed by atoms with Crippen molar-refractivity contribution >= 4 is 5.78 Å². The van der Waals surface area contributed by atoms with E-state index >= 15 is 0 Å². The Kier molecular flexibility index (Phi) is 2.33. The summed E-state index contributed by atoms with van der Waals surface area (Å²) in [6.45, 7) is 1.49. The third-order valence-electron chi connectivity index (χ3n) is 3.19. The molecule has 0 atom stereocenters. The second kappa shape index (κ2) is 3.34. The van der Waals surface area contributed by atoms with Crippen LogP contribution in [0.5, 0.6) is 0 Å². The maximum atomic E-state index is 12.3. The maximum Gasteiger partial charge on any atom is 0.416 e. The highest BCUT2D eigenvalue weighted by atomic mass is 19.4. The molecule has 0 radical (unpaired) electrons.